The zero-order chi connectivity index (χ0) is 17.8. The Labute approximate surface area is 155 Å². The molecule has 0 radical (unpaired) electrons. The summed E-state index contributed by atoms with van der Waals surface area (Å²) in [4.78, 5) is 16.9. The van der Waals surface area contributed by atoms with Crippen LogP contribution in [0, 0.1) is 6.92 Å². The first-order valence-electron chi connectivity index (χ1n) is 8.18. The Morgan fingerprint density at radius 2 is 2.00 bits per heavy atom. The van der Waals surface area contributed by atoms with Crippen LogP contribution in [0.15, 0.2) is 36.4 Å². The van der Waals surface area contributed by atoms with Gasteiger partial charge in [0.15, 0.2) is 5.13 Å². The molecule has 0 bridgehead atoms. The molecule has 0 aliphatic heterocycles. The Bertz CT molecular complexity index is 890. The van der Waals surface area contributed by atoms with Gasteiger partial charge in [0.1, 0.15) is 5.75 Å². The van der Waals surface area contributed by atoms with Crippen molar-refractivity contribution in [3.8, 4) is 5.75 Å². The number of nitrogens with zero attached hydrogens (tertiary/aromatic N) is 1. The molecule has 1 N–H and O–H groups in total. The zero-order valence-electron chi connectivity index (χ0n) is 14.1. The van der Waals surface area contributed by atoms with Gasteiger partial charge in [-0.1, -0.05) is 36.3 Å². The predicted molar refractivity (Wildman–Crippen MR) is 104 cm³/mol. The van der Waals surface area contributed by atoms with Crippen LogP contribution >= 0.6 is 22.9 Å². The van der Waals surface area contributed by atoms with Crippen LogP contribution in [0.3, 0.4) is 0 Å². The van der Waals surface area contributed by atoms with E-state index in [1.165, 1.54) is 11.3 Å². The number of anilines is 1. The van der Waals surface area contributed by atoms with Gasteiger partial charge >= 0.3 is 0 Å². The van der Waals surface area contributed by atoms with Crippen LogP contribution in [-0.2, 0) is 0 Å². The van der Waals surface area contributed by atoms with Gasteiger partial charge in [0, 0.05) is 10.6 Å². The van der Waals surface area contributed by atoms with E-state index in [0.29, 0.717) is 22.3 Å². The number of rotatable bonds is 6. The predicted octanol–water partition coefficient (Wildman–Crippen LogP) is 5.69. The van der Waals surface area contributed by atoms with Gasteiger partial charge in [0.25, 0.3) is 5.91 Å². The van der Waals surface area contributed by atoms with Crippen LogP contribution in [0.2, 0.25) is 5.02 Å². The van der Waals surface area contributed by atoms with E-state index < -0.39 is 0 Å². The minimum atomic E-state index is -0.192. The molecule has 25 heavy (non-hydrogen) atoms. The quantitative estimate of drug-likeness (QED) is 0.564. The van der Waals surface area contributed by atoms with E-state index in [4.69, 9.17) is 16.3 Å². The summed E-state index contributed by atoms with van der Waals surface area (Å²) in [7, 11) is 0. The molecule has 0 atom stereocenters. The molecule has 0 spiro atoms. The molecular formula is C19H19ClN2O2S. The molecular weight excluding hydrogens is 356 g/mol. The van der Waals surface area contributed by atoms with Crippen molar-refractivity contribution >= 4 is 44.2 Å². The van der Waals surface area contributed by atoms with Crippen molar-refractivity contribution in [1.29, 1.82) is 0 Å². The molecule has 1 heterocycles. The number of fused-ring (bicyclic) bond motifs is 1. The molecule has 1 amide bonds. The van der Waals surface area contributed by atoms with Crippen LogP contribution in [0.4, 0.5) is 5.13 Å². The number of halogens is 1. The molecule has 0 unspecified atom stereocenters. The van der Waals surface area contributed by atoms with E-state index in [-0.39, 0.29) is 5.91 Å². The molecule has 0 aliphatic rings. The highest BCUT2D eigenvalue weighted by Gasteiger charge is 2.12. The van der Waals surface area contributed by atoms with Gasteiger partial charge < -0.3 is 4.74 Å². The number of aryl methyl sites for hydroxylation is 1. The van der Waals surface area contributed by atoms with Gasteiger partial charge in [-0.2, -0.15) is 0 Å². The fourth-order valence-electron chi connectivity index (χ4n) is 2.36. The van der Waals surface area contributed by atoms with Crippen molar-refractivity contribution < 1.29 is 9.53 Å². The molecule has 0 saturated heterocycles. The van der Waals surface area contributed by atoms with Crippen molar-refractivity contribution in [2.45, 2.75) is 26.7 Å². The normalized spacial score (nSPS) is 10.8. The lowest BCUT2D eigenvalue weighted by Crippen LogP contribution is -2.11. The van der Waals surface area contributed by atoms with Crippen LogP contribution in [0.1, 0.15) is 35.7 Å². The summed E-state index contributed by atoms with van der Waals surface area (Å²) in [6.07, 6.45) is 2.11. The highest BCUT2D eigenvalue weighted by atomic mass is 35.5. The number of carbonyl (C=O) groups excluding carboxylic acids is 1. The Morgan fingerprint density at radius 1 is 1.24 bits per heavy atom. The number of thiazole rings is 1. The smallest absolute Gasteiger partial charge is 0.257 e. The summed E-state index contributed by atoms with van der Waals surface area (Å²) in [5.74, 6) is 0.582. The van der Waals surface area contributed by atoms with Crippen molar-refractivity contribution in [2.75, 3.05) is 11.9 Å². The molecule has 1 aromatic heterocycles. The highest BCUT2D eigenvalue weighted by Crippen LogP contribution is 2.31. The van der Waals surface area contributed by atoms with E-state index in [9.17, 15) is 4.79 Å². The van der Waals surface area contributed by atoms with E-state index >= 15 is 0 Å². The maximum Gasteiger partial charge on any atom is 0.257 e. The number of amides is 1. The van der Waals surface area contributed by atoms with Crippen LogP contribution in [-0.4, -0.2) is 17.5 Å². The molecule has 0 fully saturated rings. The zero-order valence-corrected chi connectivity index (χ0v) is 15.7. The lowest BCUT2D eigenvalue weighted by Gasteiger charge is -2.06. The number of ether oxygens (including phenoxy) is 1. The fourth-order valence-corrected chi connectivity index (χ4v) is 3.43. The number of carbonyl (C=O) groups is 1. The monoisotopic (exact) mass is 374 g/mol. The molecule has 6 heteroatoms. The Kier molecular flexibility index (Phi) is 5.56. The number of hydrogen-bond acceptors (Lipinski definition) is 4. The summed E-state index contributed by atoms with van der Waals surface area (Å²) in [6, 6.07) is 10.9. The summed E-state index contributed by atoms with van der Waals surface area (Å²) >= 11 is 7.56. The Morgan fingerprint density at radius 3 is 2.72 bits per heavy atom. The van der Waals surface area contributed by atoms with Crippen molar-refractivity contribution in [3.63, 3.8) is 0 Å². The summed E-state index contributed by atoms with van der Waals surface area (Å²) in [5, 5.41) is 4.09. The number of hydrogen-bond donors (Lipinski definition) is 1. The van der Waals surface area contributed by atoms with Gasteiger partial charge in [-0.3, -0.25) is 10.1 Å². The van der Waals surface area contributed by atoms with E-state index in [2.05, 4.69) is 17.2 Å². The summed E-state index contributed by atoms with van der Waals surface area (Å²) < 4.78 is 6.61. The third-order valence-electron chi connectivity index (χ3n) is 3.85. The van der Waals surface area contributed by atoms with Crippen LogP contribution < -0.4 is 10.1 Å². The molecule has 2 aromatic carbocycles. The first-order chi connectivity index (χ1) is 12.1. The number of unbranched alkanes of at least 4 members (excludes halogenated alkanes) is 1. The van der Waals surface area contributed by atoms with Gasteiger partial charge in [0.2, 0.25) is 0 Å². The van der Waals surface area contributed by atoms with Crippen LogP contribution in [0.25, 0.3) is 10.2 Å². The largest absolute Gasteiger partial charge is 0.494 e. The minimum absolute atomic E-state index is 0.192. The molecule has 3 rings (SSSR count). The van der Waals surface area contributed by atoms with E-state index in [1.807, 2.05) is 31.2 Å². The SMILES string of the molecule is CCCCOc1ccc(C(=O)Nc2nc3c(C)c(Cl)ccc3s2)cc1. The number of nitrogens with one attached hydrogen (secondary N) is 1. The second-order valence-corrected chi connectivity index (χ2v) is 7.16. The Balaban J connectivity index is 1.70. The van der Waals surface area contributed by atoms with Gasteiger partial charge in [-0.25, -0.2) is 4.98 Å². The lowest BCUT2D eigenvalue weighted by molar-refractivity contribution is 0.102. The second-order valence-electron chi connectivity index (χ2n) is 5.72. The third kappa shape index (κ3) is 4.11. The van der Waals surface area contributed by atoms with Crippen LogP contribution in [0.5, 0.6) is 5.75 Å². The van der Waals surface area contributed by atoms with Gasteiger partial charge in [0.05, 0.1) is 16.8 Å². The average Bonchev–Trinajstić information content (AvgIpc) is 3.02. The first-order valence-corrected chi connectivity index (χ1v) is 9.37. The van der Waals surface area contributed by atoms with Crippen molar-refractivity contribution in [3.05, 3.63) is 52.5 Å². The number of benzene rings is 2. The molecule has 0 saturated carbocycles. The van der Waals surface area contributed by atoms with E-state index in [0.717, 1.165) is 34.4 Å². The maximum absolute atomic E-state index is 12.4. The summed E-state index contributed by atoms with van der Waals surface area (Å²) in [6.45, 7) is 4.73. The summed E-state index contributed by atoms with van der Waals surface area (Å²) in [5.41, 5.74) is 2.31. The topological polar surface area (TPSA) is 51.2 Å². The van der Waals surface area contributed by atoms with Gasteiger partial charge in [-0.05, 0) is 55.3 Å². The number of aromatic nitrogens is 1. The van der Waals surface area contributed by atoms with Crippen molar-refractivity contribution in [2.24, 2.45) is 0 Å². The van der Waals surface area contributed by atoms with Crippen molar-refractivity contribution in [1.82, 2.24) is 4.98 Å². The lowest BCUT2D eigenvalue weighted by atomic mass is 10.2. The van der Waals surface area contributed by atoms with Gasteiger partial charge in [-0.15, -0.1) is 0 Å². The molecule has 4 nitrogen and oxygen atoms in total. The van der Waals surface area contributed by atoms with E-state index in [1.54, 1.807) is 12.1 Å². The minimum Gasteiger partial charge on any atom is -0.494 e. The Hall–Kier alpha value is -2.11. The average molecular weight is 375 g/mol. The first kappa shape index (κ1) is 17.7. The molecule has 0 aliphatic carbocycles. The highest BCUT2D eigenvalue weighted by molar-refractivity contribution is 7.22. The standard InChI is InChI=1S/C19H19ClN2O2S/c1-3-4-11-24-14-7-5-13(6-8-14)18(23)22-19-21-17-12(2)15(20)9-10-16(17)25-19/h5-10H,3-4,11H2,1-2H3,(H,21,22,23). The third-order valence-corrected chi connectivity index (χ3v) is 5.20. The molecule has 3 aromatic rings. The molecule has 130 valence electrons. The second kappa shape index (κ2) is 7.85. The maximum atomic E-state index is 12.4. The fraction of sp³-hybridized carbons (Fsp3) is 0.263.